The summed E-state index contributed by atoms with van der Waals surface area (Å²) >= 11 is 0. The van der Waals surface area contributed by atoms with Crippen LogP contribution in [-0.4, -0.2) is 69.3 Å². The molecule has 3 aromatic rings. The molecular weight excluding hydrogens is 593 g/mol. The quantitative estimate of drug-likeness (QED) is 0.291. The number of aromatic nitrogens is 2. The predicted octanol–water partition coefficient (Wildman–Crippen LogP) is 4.70. The molecule has 2 heterocycles. The van der Waals surface area contributed by atoms with Crippen molar-refractivity contribution >= 4 is 17.8 Å². The maximum Gasteiger partial charge on any atom is 0.490 e. The molecule has 1 aromatic heterocycles. The molecule has 1 fully saturated rings. The number of benzene rings is 2. The number of likely N-dealkylation sites (N-methyl/N-ethyl adjacent to an activating group) is 1. The van der Waals surface area contributed by atoms with Gasteiger partial charge >= 0.3 is 18.6 Å². The highest BCUT2D eigenvalue weighted by molar-refractivity contribution is 5.89. The van der Waals surface area contributed by atoms with Crippen molar-refractivity contribution in [2.45, 2.75) is 63.8 Å². The summed E-state index contributed by atoms with van der Waals surface area (Å²) in [6.07, 6.45) is -6.20. The van der Waals surface area contributed by atoms with Crippen LogP contribution >= 0.6 is 0 Å². The first kappa shape index (κ1) is 34.1. The Balaban J connectivity index is 0.000000676. The van der Waals surface area contributed by atoms with Gasteiger partial charge in [-0.2, -0.15) is 26.9 Å². The van der Waals surface area contributed by atoms with Gasteiger partial charge in [0.25, 0.3) is 5.89 Å². The molecule has 0 saturated carbocycles. The number of rotatable bonds is 9. The number of halogens is 5. The van der Waals surface area contributed by atoms with Gasteiger partial charge in [-0.25, -0.2) is 4.79 Å². The number of carbonyl (C=O) groups is 3. The summed E-state index contributed by atoms with van der Waals surface area (Å²) < 4.78 is 61.6. The summed E-state index contributed by atoms with van der Waals surface area (Å²) in [4.78, 5) is 40.6. The van der Waals surface area contributed by atoms with Crippen molar-refractivity contribution in [3.8, 4) is 11.4 Å². The number of carboxylic acids is 1. The molecule has 3 atom stereocenters. The SMILES string of the molecule is CCN1CC[C@H](c2ccccc2)C[C@@H]1C(=O)NC(C)C(=O)NCc1ccc(-c2noc(C(F)F)n2)cc1.O=C(O)C(F)(F)F. The Hall–Kier alpha value is -4.40. The minimum absolute atomic E-state index is 0.0700. The van der Waals surface area contributed by atoms with Gasteiger partial charge < -0.3 is 20.3 Å². The third kappa shape index (κ3) is 9.56. The fourth-order valence-corrected chi connectivity index (χ4v) is 4.62. The van der Waals surface area contributed by atoms with Crippen molar-refractivity contribution in [2.75, 3.05) is 13.1 Å². The Morgan fingerprint density at radius 1 is 1.09 bits per heavy atom. The second-order valence-corrected chi connectivity index (χ2v) is 9.98. The highest BCUT2D eigenvalue weighted by Crippen LogP contribution is 2.31. The fraction of sp³-hybridized carbons (Fsp3) is 0.414. The van der Waals surface area contributed by atoms with E-state index in [4.69, 9.17) is 9.90 Å². The van der Waals surface area contributed by atoms with E-state index in [0.717, 1.165) is 25.1 Å². The highest BCUT2D eigenvalue weighted by atomic mass is 19.4. The molecule has 0 radical (unpaired) electrons. The standard InChI is InChI=1S/C27H31F2N5O3.C2HF3O2/c1-3-34-14-13-21(19-7-5-4-6-8-19)15-22(34)26(36)31-17(2)25(35)30-16-18-9-11-20(12-10-18)24-32-27(23(28)29)37-33-24;3-2(4,5)1(6)7/h4-12,17,21-23H,3,13-16H2,1-2H3,(H,30,35)(H,31,36);(H,6,7)/t17?,21-,22+;/m0./s1. The van der Waals surface area contributed by atoms with E-state index in [1.807, 2.05) is 25.1 Å². The average molecular weight is 626 g/mol. The number of aliphatic carboxylic acids is 1. The van der Waals surface area contributed by atoms with Crippen LogP contribution in [0.5, 0.6) is 0 Å². The number of hydrogen-bond donors (Lipinski definition) is 3. The molecule has 1 unspecified atom stereocenters. The Morgan fingerprint density at radius 2 is 1.73 bits per heavy atom. The summed E-state index contributed by atoms with van der Waals surface area (Å²) in [6.45, 7) is 5.55. The number of nitrogens with zero attached hydrogens (tertiary/aromatic N) is 3. The second-order valence-electron chi connectivity index (χ2n) is 9.98. The van der Waals surface area contributed by atoms with Gasteiger partial charge in [0.15, 0.2) is 0 Å². The summed E-state index contributed by atoms with van der Waals surface area (Å²) in [5, 5.41) is 16.4. The van der Waals surface area contributed by atoms with Gasteiger partial charge in [0.05, 0.1) is 6.04 Å². The molecule has 238 valence electrons. The van der Waals surface area contributed by atoms with Crippen LogP contribution in [0.1, 0.15) is 56.1 Å². The lowest BCUT2D eigenvalue weighted by Gasteiger charge is -2.38. The predicted molar refractivity (Wildman–Crippen MR) is 147 cm³/mol. The molecule has 0 spiro atoms. The first-order valence-corrected chi connectivity index (χ1v) is 13.7. The van der Waals surface area contributed by atoms with E-state index >= 15 is 0 Å². The molecule has 0 aliphatic carbocycles. The van der Waals surface area contributed by atoms with Crippen molar-refractivity contribution in [1.29, 1.82) is 0 Å². The molecule has 44 heavy (non-hydrogen) atoms. The minimum Gasteiger partial charge on any atom is -0.475 e. The maximum absolute atomic E-state index is 13.2. The number of carboxylic acid groups (broad SMARTS) is 1. The van der Waals surface area contributed by atoms with Crippen LogP contribution < -0.4 is 10.6 Å². The van der Waals surface area contributed by atoms with Crippen LogP contribution in [0, 0.1) is 0 Å². The zero-order valence-corrected chi connectivity index (χ0v) is 23.9. The number of hydrogen-bond acceptors (Lipinski definition) is 7. The minimum atomic E-state index is -5.08. The van der Waals surface area contributed by atoms with Gasteiger partial charge in [-0.3, -0.25) is 14.5 Å². The summed E-state index contributed by atoms with van der Waals surface area (Å²) in [6, 6.07) is 16.1. The van der Waals surface area contributed by atoms with E-state index in [1.54, 1.807) is 31.2 Å². The third-order valence-electron chi connectivity index (χ3n) is 6.99. The lowest BCUT2D eigenvalue weighted by molar-refractivity contribution is -0.192. The first-order valence-electron chi connectivity index (χ1n) is 13.7. The number of amides is 2. The maximum atomic E-state index is 13.2. The number of piperidine rings is 1. The zero-order valence-electron chi connectivity index (χ0n) is 23.9. The zero-order chi connectivity index (χ0) is 32.4. The first-order chi connectivity index (χ1) is 20.8. The fourth-order valence-electron chi connectivity index (χ4n) is 4.62. The summed E-state index contributed by atoms with van der Waals surface area (Å²) in [7, 11) is 0. The lowest BCUT2D eigenvalue weighted by atomic mass is 9.85. The molecule has 3 N–H and O–H groups in total. The van der Waals surface area contributed by atoms with E-state index in [1.165, 1.54) is 5.56 Å². The van der Waals surface area contributed by atoms with E-state index in [9.17, 15) is 31.5 Å². The van der Waals surface area contributed by atoms with Gasteiger partial charge in [0, 0.05) is 12.1 Å². The van der Waals surface area contributed by atoms with Crippen molar-refractivity contribution in [3.63, 3.8) is 0 Å². The Labute approximate surface area is 249 Å². The number of carbonyl (C=O) groups excluding carboxylic acids is 2. The van der Waals surface area contributed by atoms with Crippen molar-refractivity contribution < 1.29 is 46.0 Å². The number of likely N-dealkylation sites (tertiary alicyclic amines) is 1. The smallest absolute Gasteiger partial charge is 0.475 e. The van der Waals surface area contributed by atoms with Crippen LogP contribution in [0.2, 0.25) is 0 Å². The van der Waals surface area contributed by atoms with Gasteiger partial charge in [-0.05, 0) is 49.9 Å². The van der Waals surface area contributed by atoms with Crippen LogP contribution in [0.15, 0.2) is 59.1 Å². The van der Waals surface area contributed by atoms with E-state index in [-0.39, 0.29) is 30.2 Å². The van der Waals surface area contributed by atoms with Crippen molar-refractivity contribution in [2.24, 2.45) is 0 Å². The topological polar surface area (TPSA) is 138 Å². The summed E-state index contributed by atoms with van der Waals surface area (Å²) in [5.74, 6) is -3.55. The molecule has 1 aliphatic heterocycles. The molecule has 4 rings (SSSR count). The van der Waals surface area contributed by atoms with E-state index in [2.05, 4.69) is 42.3 Å². The highest BCUT2D eigenvalue weighted by Gasteiger charge is 2.38. The molecule has 10 nitrogen and oxygen atoms in total. The number of alkyl halides is 5. The Kier molecular flexibility index (Phi) is 11.9. The molecule has 1 saturated heterocycles. The molecular formula is C29H32F5N5O5. The van der Waals surface area contributed by atoms with Gasteiger partial charge in [0.2, 0.25) is 17.6 Å². The van der Waals surface area contributed by atoms with E-state index < -0.39 is 30.5 Å². The van der Waals surface area contributed by atoms with Gasteiger partial charge in [-0.15, -0.1) is 0 Å². The Bertz CT molecular complexity index is 1390. The lowest BCUT2D eigenvalue weighted by Crippen LogP contribution is -2.54. The van der Waals surface area contributed by atoms with Gasteiger partial charge in [-0.1, -0.05) is 66.7 Å². The normalized spacial score (nSPS) is 17.7. The Morgan fingerprint density at radius 3 is 2.27 bits per heavy atom. The van der Waals surface area contributed by atoms with Crippen molar-refractivity contribution in [3.05, 3.63) is 71.6 Å². The largest absolute Gasteiger partial charge is 0.490 e. The monoisotopic (exact) mass is 625 g/mol. The van der Waals surface area contributed by atoms with Crippen LogP contribution in [0.4, 0.5) is 22.0 Å². The molecule has 0 bridgehead atoms. The molecule has 2 amide bonds. The van der Waals surface area contributed by atoms with Crippen LogP contribution in [0.25, 0.3) is 11.4 Å². The van der Waals surface area contributed by atoms with Gasteiger partial charge in [0.1, 0.15) is 6.04 Å². The van der Waals surface area contributed by atoms with Crippen molar-refractivity contribution in [1.82, 2.24) is 25.7 Å². The number of nitrogens with one attached hydrogen (secondary N) is 2. The third-order valence-corrected chi connectivity index (χ3v) is 6.99. The molecule has 15 heteroatoms. The summed E-state index contributed by atoms with van der Waals surface area (Å²) in [5.41, 5.74) is 2.55. The van der Waals surface area contributed by atoms with Crippen LogP contribution in [0.3, 0.4) is 0 Å². The molecule has 2 aromatic carbocycles. The average Bonchev–Trinajstić information content (AvgIpc) is 3.51. The second kappa shape index (κ2) is 15.4. The van der Waals surface area contributed by atoms with E-state index in [0.29, 0.717) is 17.9 Å². The molecule has 1 aliphatic rings. The van der Waals surface area contributed by atoms with Crippen LogP contribution in [-0.2, 0) is 20.9 Å².